The van der Waals surface area contributed by atoms with Gasteiger partial charge in [0.2, 0.25) is 11.8 Å². The molecule has 2 heterocycles. The second-order valence-corrected chi connectivity index (χ2v) is 7.66. The number of nitrogens with one attached hydrogen (secondary N) is 2. The summed E-state index contributed by atoms with van der Waals surface area (Å²) in [4.78, 5) is 27.2. The van der Waals surface area contributed by atoms with Crippen LogP contribution >= 0.6 is 0 Å². The molecule has 1 atom stereocenters. The van der Waals surface area contributed by atoms with Crippen molar-refractivity contribution in [3.63, 3.8) is 0 Å². The van der Waals surface area contributed by atoms with E-state index in [0.29, 0.717) is 38.0 Å². The van der Waals surface area contributed by atoms with Crippen molar-refractivity contribution >= 4 is 23.2 Å². The summed E-state index contributed by atoms with van der Waals surface area (Å²) in [6.07, 6.45) is 1.02. The molecule has 0 bridgehead atoms. The molecule has 1 unspecified atom stereocenters. The number of amides is 2. The Morgan fingerprint density at radius 3 is 2.71 bits per heavy atom. The Labute approximate surface area is 163 Å². The Morgan fingerprint density at radius 2 is 1.96 bits per heavy atom. The molecule has 2 aromatic carbocycles. The fourth-order valence-corrected chi connectivity index (χ4v) is 4.14. The Morgan fingerprint density at radius 1 is 1.21 bits per heavy atom. The van der Waals surface area contributed by atoms with Gasteiger partial charge in [-0.2, -0.15) is 0 Å². The van der Waals surface area contributed by atoms with Gasteiger partial charge in [-0.15, -0.1) is 0 Å². The van der Waals surface area contributed by atoms with Crippen LogP contribution < -0.4 is 15.5 Å². The third-order valence-corrected chi connectivity index (χ3v) is 5.51. The molecule has 4 rings (SSSR count). The van der Waals surface area contributed by atoms with Crippen LogP contribution in [-0.4, -0.2) is 24.9 Å². The molecule has 2 aliphatic heterocycles. The number of halogens is 1. The van der Waals surface area contributed by atoms with Crippen LogP contribution in [0.5, 0.6) is 0 Å². The number of nitrogens with zero attached hydrogens (tertiary/aromatic N) is 1. The smallest absolute Gasteiger partial charge is 0.239 e. The van der Waals surface area contributed by atoms with E-state index in [9.17, 15) is 14.0 Å². The highest BCUT2D eigenvalue weighted by Crippen LogP contribution is 2.29. The number of anilines is 2. The van der Waals surface area contributed by atoms with Gasteiger partial charge in [-0.1, -0.05) is 12.1 Å². The number of fused-ring (bicyclic) bond motifs is 1. The predicted octanol–water partition coefficient (Wildman–Crippen LogP) is 3.08. The van der Waals surface area contributed by atoms with Gasteiger partial charge in [0.15, 0.2) is 0 Å². The molecule has 2 N–H and O–H groups in total. The number of carbonyl (C=O) groups excluding carboxylic acids is 2. The maximum absolute atomic E-state index is 14.8. The number of rotatable bonds is 3. The summed E-state index contributed by atoms with van der Waals surface area (Å²) in [5.41, 5.74) is 4.67. The van der Waals surface area contributed by atoms with Crippen molar-refractivity contribution in [1.82, 2.24) is 5.32 Å². The highest BCUT2D eigenvalue weighted by molar-refractivity contribution is 6.13. The third-order valence-electron chi connectivity index (χ3n) is 5.51. The first-order valence-corrected chi connectivity index (χ1v) is 9.65. The fraction of sp³-hybridized carbons (Fsp3) is 0.364. The quantitative estimate of drug-likeness (QED) is 0.804. The van der Waals surface area contributed by atoms with Crippen molar-refractivity contribution in [3.05, 3.63) is 58.4 Å². The Hall–Kier alpha value is -2.73. The molecule has 0 aliphatic carbocycles. The van der Waals surface area contributed by atoms with Crippen molar-refractivity contribution in [1.29, 1.82) is 0 Å². The Balaban J connectivity index is 1.51. The number of hydrogen-bond acceptors (Lipinski definition) is 3. The first kappa shape index (κ1) is 18.6. The minimum absolute atomic E-state index is 0.156. The zero-order chi connectivity index (χ0) is 19.8. The van der Waals surface area contributed by atoms with E-state index in [1.54, 1.807) is 11.0 Å². The van der Waals surface area contributed by atoms with E-state index < -0.39 is 11.8 Å². The fourth-order valence-electron chi connectivity index (χ4n) is 4.14. The second-order valence-electron chi connectivity index (χ2n) is 7.66. The first-order valence-electron chi connectivity index (χ1n) is 9.65. The highest BCUT2D eigenvalue weighted by atomic mass is 19.1. The van der Waals surface area contributed by atoms with E-state index in [1.807, 2.05) is 38.1 Å². The van der Waals surface area contributed by atoms with E-state index in [4.69, 9.17) is 0 Å². The number of aryl methyl sites for hydroxylation is 2. The Kier molecular flexibility index (Phi) is 4.89. The number of benzene rings is 2. The normalized spacial score (nSPS) is 18.9. The molecule has 2 aliphatic rings. The average molecular weight is 381 g/mol. The molecule has 146 valence electrons. The molecule has 0 saturated carbocycles. The van der Waals surface area contributed by atoms with E-state index in [1.165, 1.54) is 0 Å². The predicted molar refractivity (Wildman–Crippen MR) is 107 cm³/mol. The van der Waals surface area contributed by atoms with E-state index in [2.05, 4.69) is 10.6 Å². The zero-order valence-electron chi connectivity index (χ0n) is 16.1. The van der Waals surface area contributed by atoms with Crippen LogP contribution in [0.2, 0.25) is 0 Å². The lowest BCUT2D eigenvalue weighted by Gasteiger charge is -2.20. The van der Waals surface area contributed by atoms with Crippen molar-refractivity contribution in [2.75, 3.05) is 23.3 Å². The van der Waals surface area contributed by atoms with Gasteiger partial charge in [-0.3, -0.25) is 9.59 Å². The van der Waals surface area contributed by atoms with Gasteiger partial charge in [-0.25, -0.2) is 4.39 Å². The first-order chi connectivity index (χ1) is 13.4. The molecule has 1 fully saturated rings. The van der Waals surface area contributed by atoms with Crippen LogP contribution in [0.4, 0.5) is 15.8 Å². The summed E-state index contributed by atoms with van der Waals surface area (Å²) in [6.45, 7) is 5.79. The lowest BCUT2D eigenvalue weighted by molar-refractivity contribution is -0.129. The van der Waals surface area contributed by atoms with Gasteiger partial charge in [0.25, 0.3) is 0 Å². The summed E-state index contributed by atoms with van der Waals surface area (Å²) >= 11 is 0. The van der Waals surface area contributed by atoms with Crippen LogP contribution in [0.25, 0.3) is 0 Å². The molecule has 2 aromatic rings. The maximum atomic E-state index is 14.8. The molecular formula is C22H24FN3O2. The van der Waals surface area contributed by atoms with Crippen LogP contribution in [0.3, 0.4) is 0 Å². The minimum Gasteiger partial charge on any atom is -0.323 e. The van der Waals surface area contributed by atoms with E-state index in [0.717, 1.165) is 22.4 Å². The molecule has 6 heteroatoms. The summed E-state index contributed by atoms with van der Waals surface area (Å²) < 4.78 is 14.8. The minimum atomic E-state index is -0.794. The van der Waals surface area contributed by atoms with Crippen LogP contribution in [0.15, 0.2) is 30.3 Å². The lowest BCUT2D eigenvalue weighted by atomic mass is 9.99. The van der Waals surface area contributed by atoms with Crippen molar-refractivity contribution in [3.8, 4) is 0 Å². The molecule has 5 nitrogen and oxygen atoms in total. The van der Waals surface area contributed by atoms with Gasteiger partial charge in [0.05, 0.1) is 5.69 Å². The molecule has 0 aromatic heterocycles. The summed E-state index contributed by atoms with van der Waals surface area (Å²) in [7, 11) is 0. The zero-order valence-corrected chi connectivity index (χ0v) is 16.1. The molecular weight excluding hydrogens is 357 g/mol. The molecule has 0 radical (unpaired) electrons. The molecule has 0 spiro atoms. The van der Waals surface area contributed by atoms with Crippen LogP contribution in [0, 0.1) is 25.6 Å². The molecule has 2 amide bonds. The van der Waals surface area contributed by atoms with Gasteiger partial charge in [-0.05, 0) is 73.7 Å². The lowest BCUT2D eigenvalue weighted by Crippen LogP contribution is -2.33. The molecule has 28 heavy (non-hydrogen) atoms. The van der Waals surface area contributed by atoms with Gasteiger partial charge >= 0.3 is 0 Å². The van der Waals surface area contributed by atoms with Gasteiger partial charge in [0.1, 0.15) is 11.7 Å². The Bertz CT molecular complexity index is 937. The number of hydrogen-bond donors (Lipinski definition) is 2. The summed E-state index contributed by atoms with van der Waals surface area (Å²) in [5, 5.41) is 5.85. The second kappa shape index (κ2) is 7.36. The van der Waals surface area contributed by atoms with Crippen molar-refractivity contribution in [2.45, 2.75) is 33.2 Å². The summed E-state index contributed by atoms with van der Waals surface area (Å²) in [6, 6.07) is 9.35. The maximum Gasteiger partial charge on any atom is 0.239 e. The van der Waals surface area contributed by atoms with Crippen molar-refractivity contribution < 1.29 is 14.0 Å². The number of carbonyl (C=O) groups is 2. The topological polar surface area (TPSA) is 61.4 Å². The van der Waals surface area contributed by atoms with E-state index in [-0.39, 0.29) is 17.4 Å². The van der Waals surface area contributed by atoms with Crippen molar-refractivity contribution in [2.24, 2.45) is 5.92 Å². The van der Waals surface area contributed by atoms with Crippen LogP contribution in [-0.2, 0) is 22.6 Å². The summed E-state index contributed by atoms with van der Waals surface area (Å²) in [5.74, 6) is -1.85. The largest absolute Gasteiger partial charge is 0.323 e. The monoisotopic (exact) mass is 381 g/mol. The average Bonchev–Trinajstić information content (AvgIpc) is 3.05. The van der Waals surface area contributed by atoms with E-state index >= 15 is 0 Å². The highest BCUT2D eigenvalue weighted by Gasteiger charge is 2.38. The van der Waals surface area contributed by atoms with Crippen LogP contribution in [0.1, 0.15) is 28.7 Å². The third kappa shape index (κ3) is 3.40. The molecule has 1 saturated heterocycles. The standard InChI is InChI=1S/C22H24FN3O2/c1-13-9-14(2)11-16(10-13)26-8-6-18(22(26)28)21(27)25-19-4-3-15-12-24-7-5-17(15)20(19)23/h3-4,9-11,18,24H,5-8,12H2,1-2H3,(H,25,27). The SMILES string of the molecule is Cc1cc(C)cc(N2CCC(C(=O)Nc3ccc4c(c3F)CCNC4)C2=O)c1. The van der Waals surface area contributed by atoms with Gasteiger partial charge in [0, 0.05) is 18.8 Å². The van der Waals surface area contributed by atoms with Gasteiger partial charge < -0.3 is 15.5 Å².